The Bertz CT molecular complexity index is 1140. The quantitative estimate of drug-likeness (QED) is 0.293. The zero-order valence-corrected chi connectivity index (χ0v) is 20.0. The van der Waals surface area contributed by atoms with Crippen LogP contribution >= 0.6 is 0 Å². The normalized spacial score (nSPS) is 17.9. The van der Waals surface area contributed by atoms with Crippen LogP contribution in [-0.2, 0) is 20.9 Å². The number of hydrogen-bond donors (Lipinski definition) is 3. The topological polar surface area (TPSA) is 157 Å². The molecule has 0 aliphatic carbocycles. The molecule has 0 atom stereocenters. The second-order valence-electron chi connectivity index (χ2n) is 8.88. The third kappa shape index (κ3) is 6.43. The van der Waals surface area contributed by atoms with Gasteiger partial charge >= 0.3 is 6.09 Å². The van der Waals surface area contributed by atoms with Crippen LogP contribution in [0.3, 0.4) is 0 Å². The van der Waals surface area contributed by atoms with Gasteiger partial charge in [-0.05, 0) is 13.8 Å². The average Bonchev–Trinajstić information content (AvgIpc) is 2.81. The SMILES string of the molecule is CC1(C)OCC(CON=C2CN(c3ncc(-c4cccc(CN=C(N)NC(=O)O)c4F)cn3)C2)CO1. The van der Waals surface area contributed by atoms with Crippen LogP contribution in [0.2, 0.25) is 0 Å². The predicted molar refractivity (Wildman–Crippen MR) is 129 cm³/mol. The Morgan fingerprint density at radius 1 is 1.31 bits per heavy atom. The molecular weight excluding hydrogens is 473 g/mol. The minimum atomic E-state index is -1.34. The second kappa shape index (κ2) is 10.8. The highest BCUT2D eigenvalue weighted by molar-refractivity contribution is 5.98. The molecule has 1 aromatic heterocycles. The lowest BCUT2D eigenvalue weighted by atomic mass is 10.0. The third-order valence-electron chi connectivity index (χ3n) is 5.55. The van der Waals surface area contributed by atoms with Crippen molar-refractivity contribution in [2.45, 2.75) is 26.2 Å². The molecule has 2 fully saturated rings. The van der Waals surface area contributed by atoms with Gasteiger partial charge in [0.1, 0.15) is 12.4 Å². The molecular formula is C23H28FN7O5. The fourth-order valence-corrected chi connectivity index (χ4v) is 3.52. The molecule has 4 N–H and O–H groups in total. The number of carboxylic acid groups (broad SMARTS) is 1. The number of guanidine groups is 1. The van der Waals surface area contributed by atoms with E-state index in [1.807, 2.05) is 24.1 Å². The zero-order chi connectivity index (χ0) is 25.7. The number of nitrogens with one attached hydrogen (secondary N) is 1. The van der Waals surface area contributed by atoms with Gasteiger partial charge in [-0.25, -0.2) is 24.1 Å². The summed E-state index contributed by atoms with van der Waals surface area (Å²) in [6, 6.07) is 4.82. The van der Waals surface area contributed by atoms with Gasteiger partial charge in [0.25, 0.3) is 0 Å². The van der Waals surface area contributed by atoms with E-state index in [9.17, 15) is 9.18 Å². The van der Waals surface area contributed by atoms with Crippen molar-refractivity contribution < 1.29 is 28.6 Å². The van der Waals surface area contributed by atoms with Crippen molar-refractivity contribution in [3.05, 3.63) is 42.0 Å². The summed E-state index contributed by atoms with van der Waals surface area (Å²) < 4.78 is 26.2. The molecule has 0 radical (unpaired) electrons. The van der Waals surface area contributed by atoms with Crippen LogP contribution in [0.15, 0.2) is 40.7 Å². The standard InChI is InChI=1S/C23H28FN7O5/c1-23(2)34-11-14(12-35-23)13-36-30-17-9-31(10-17)21-27-7-16(8-28-21)18-5-3-4-15(19(18)24)6-26-20(25)29-22(32)33/h3-5,7-8,14H,6,9-13H2,1-2H3,(H,32,33)(H3,25,26,29). The molecule has 13 heteroatoms. The minimum absolute atomic E-state index is 0.124. The Morgan fingerprint density at radius 3 is 2.67 bits per heavy atom. The van der Waals surface area contributed by atoms with E-state index in [1.54, 1.807) is 30.6 Å². The molecule has 0 saturated carbocycles. The summed E-state index contributed by atoms with van der Waals surface area (Å²) >= 11 is 0. The van der Waals surface area contributed by atoms with Crippen molar-refractivity contribution in [3.8, 4) is 11.1 Å². The van der Waals surface area contributed by atoms with Gasteiger partial charge < -0.3 is 30.1 Å². The minimum Gasteiger partial charge on any atom is -0.465 e. The number of halogens is 1. The van der Waals surface area contributed by atoms with Crippen molar-refractivity contribution in [1.82, 2.24) is 15.3 Å². The van der Waals surface area contributed by atoms with E-state index < -0.39 is 17.7 Å². The number of benzene rings is 1. The Balaban J connectivity index is 1.29. The fraction of sp³-hybridized carbons (Fsp3) is 0.435. The molecule has 0 spiro atoms. The second-order valence-corrected chi connectivity index (χ2v) is 8.88. The molecule has 4 rings (SSSR count). The lowest BCUT2D eigenvalue weighted by molar-refractivity contribution is -0.266. The van der Waals surface area contributed by atoms with E-state index in [2.05, 4.69) is 20.1 Å². The number of anilines is 1. The Labute approximate surface area is 207 Å². The van der Waals surface area contributed by atoms with Crippen LogP contribution in [0.25, 0.3) is 11.1 Å². The predicted octanol–water partition coefficient (Wildman–Crippen LogP) is 1.96. The molecule has 1 aromatic carbocycles. The Kier molecular flexibility index (Phi) is 7.60. The van der Waals surface area contributed by atoms with Crippen LogP contribution in [0, 0.1) is 11.7 Å². The maximum Gasteiger partial charge on any atom is 0.411 e. The Hall–Kier alpha value is -3.84. The van der Waals surface area contributed by atoms with Crippen LogP contribution < -0.4 is 16.0 Å². The molecule has 3 heterocycles. The highest BCUT2D eigenvalue weighted by Gasteiger charge is 2.29. The Morgan fingerprint density at radius 2 is 2.00 bits per heavy atom. The molecule has 2 aliphatic heterocycles. The third-order valence-corrected chi connectivity index (χ3v) is 5.55. The summed E-state index contributed by atoms with van der Waals surface area (Å²) in [7, 11) is 0. The highest BCUT2D eigenvalue weighted by atomic mass is 19.1. The maximum atomic E-state index is 15.0. The molecule has 192 valence electrons. The van der Waals surface area contributed by atoms with Gasteiger partial charge in [0.2, 0.25) is 5.95 Å². The van der Waals surface area contributed by atoms with Gasteiger partial charge in [-0.1, -0.05) is 23.4 Å². The van der Waals surface area contributed by atoms with Gasteiger partial charge in [-0.3, -0.25) is 5.32 Å². The van der Waals surface area contributed by atoms with Crippen LogP contribution in [0.4, 0.5) is 15.1 Å². The van der Waals surface area contributed by atoms with E-state index in [0.717, 1.165) is 5.71 Å². The largest absolute Gasteiger partial charge is 0.465 e. The molecule has 2 aromatic rings. The van der Waals surface area contributed by atoms with Crippen LogP contribution in [0.5, 0.6) is 0 Å². The summed E-state index contributed by atoms with van der Waals surface area (Å²) in [5.74, 6) is -0.732. The number of rotatable bonds is 7. The number of hydrogen-bond acceptors (Lipinski definition) is 9. The number of oxime groups is 1. The summed E-state index contributed by atoms with van der Waals surface area (Å²) in [5.41, 5.74) is 7.38. The number of aliphatic imine (C=N–C) groups is 1. The summed E-state index contributed by atoms with van der Waals surface area (Å²) in [4.78, 5) is 30.5. The van der Waals surface area contributed by atoms with Gasteiger partial charge in [-0.2, -0.15) is 0 Å². The molecule has 1 amide bonds. The van der Waals surface area contributed by atoms with Crippen molar-refractivity contribution in [2.75, 3.05) is 37.8 Å². The monoisotopic (exact) mass is 501 g/mol. The fourth-order valence-electron chi connectivity index (χ4n) is 3.52. The number of carbonyl (C=O) groups is 1. The number of nitrogens with zero attached hydrogens (tertiary/aromatic N) is 5. The summed E-state index contributed by atoms with van der Waals surface area (Å²) in [5, 5.41) is 14.7. The van der Waals surface area contributed by atoms with E-state index >= 15 is 0 Å². The van der Waals surface area contributed by atoms with Crippen LogP contribution in [-0.4, -0.2) is 71.5 Å². The molecule has 2 aliphatic rings. The number of aromatic nitrogens is 2. The zero-order valence-electron chi connectivity index (χ0n) is 20.0. The first kappa shape index (κ1) is 25.3. The summed E-state index contributed by atoms with van der Waals surface area (Å²) in [6.07, 6.45) is 1.75. The first-order valence-electron chi connectivity index (χ1n) is 11.3. The van der Waals surface area contributed by atoms with Crippen molar-refractivity contribution in [1.29, 1.82) is 0 Å². The summed E-state index contributed by atoms with van der Waals surface area (Å²) in [6.45, 7) is 6.27. The van der Waals surface area contributed by atoms with Crippen LogP contribution in [0.1, 0.15) is 19.4 Å². The lowest BCUT2D eigenvalue weighted by Crippen LogP contribution is -2.48. The van der Waals surface area contributed by atoms with Gasteiger partial charge in [0, 0.05) is 35.0 Å². The van der Waals surface area contributed by atoms with E-state index in [1.165, 1.54) is 0 Å². The first-order valence-corrected chi connectivity index (χ1v) is 11.3. The molecule has 0 bridgehead atoms. The smallest absolute Gasteiger partial charge is 0.411 e. The van der Waals surface area contributed by atoms with Gasteiger partial charge in [0.05, 0.1) is 38.6 Å². The van der Waals surface area contributed by atoms with Gasteiger partial charge in [0.15, 0.2) is 11.7 Å². The number of amides is 1. The average molecular weight is 502 g/mol. The molecule has 0 unspecified atom stereocenters. The van der Waals surface area contributed by atoms with Crippen molar-refractivity contribution in [2.24, 2.45) is 21.8 Å². The number of nitrogens with two attached hydrogens (primary N) is 1. The van der Waals surface area contributed by atoms with Crippen molar-refractivity contribution in [3.63, 3.8) is 0 Å². The lowest BCUT2D eigenvalue weighted by Gasteiger charge is -2.34. The molecule has 36 heavy (non-hydrogen) atoms. The molecule has 2 saturated heterocycles. The van der Waals surface area contributed by atoms with E-state index in [-0.39, 0.29) is 24.0 Å². The van der Waals surface area contributed by atoms with Gasteiger partial charge in [-0.15, -0.1) is 0 Å². The van der Waals surface area contributed by atoms with E-state index in [4.69, 9.17) is 25.2 Å². The maximum absolute atomic E-state index is 15.0. The molecule has 12 nitrogen and oxygen atoms in total. The first-order chi connectivity index (χ1) is 17.2. The van der Waals surface area contributed by atoms with Crippen molar-refractivity contribution >= 4 is 23.7 Å². The highest BCUT2D eigenvalue weighted by Crippen LogP contribution is 2.26. The number of ether oxygens (including phenoxy) is 2. The van der Waals surface area contributed by atoms with E-state index in [0.29, 0.717) is 50.0 Å².